The van der Waals surface area contributed by atoms with Gasteiger partial charge in [0.2, 0.25) is 0 Å². The van der Waals surface area contributed by atoms with Crippen molar-refractivity contribution in [2.24, 2.45) is 5.92 Å². The summed E-state index contributed by atoms with van der Waals surface area (Å²) in [6, 6.07) is 0. The normalized spacial score (nSPS) is 12.8. The van der Waals surface area contributed by atoms with Crippen LogP contribution in [0.3, 0.4) is 0 Å². The van der Waals surface area contributed by atoms with E-state index >= 15 is 0 Å². The fraction of sp³-hybridized carbons (Fsp3) is 0.850. The average molecular weight is 359 g/mol. The maximum atomic E-state index is 11.4. The minimum atomic E-state index is -0.907. The van der Waals surface area contributed by atoms with Crippen molar-refractivity contribution in [2.75, 3.05) is 27.9 Å². The van der Waals surface area contributed by atoms with Crippen molar-refractivity contribution in [2.45, 2.75) is 77.6 Å². The Morgan fingerprint density at radius 3 is 2.08 bits per heavy atom. The molecule has 148 valence electrons. The van der Waals surface area contributed by atoms with Gasteiger partial charge >= 0.3 is 5.97 Å². The lowest BCUT2D eigenvalue weighted by molar-refractivity contribution is -0.355. The third-order valence-electron chi connectivity index (χ3n) is 4.56. The van der Waals surface area contributed by atoms with E-state index in [0.29, 0.717) is 18.1 Å². The summed E-state index contributed by atoms with van der Waals surface area (Å²) in [7, 11) is 4.81. The number of rotatable bonds is 16. The van der Waals surface area contributed by atoms with Crippen LogP contribution < -0.4 is 0 Å². The number of ether oxygens (including phenoxy) is 4. The number of methoxy groups -OCH3 is 3. The molecule has 0 radical (unpaired) electrons. The van der Waals surface area contributed by atoms with Crippen molar-refractivity contribution in [3.63, 3.8) is 0 Å². The highest BCUT2D eigenvalue weighted by Gasteiger charge is 2.28. The first kappa shape index (κ1) is 24.1. The van der Waals surface area contributed by atoms with Crippen LogP contribution in [-0.4, -0.2) is 39.9 Å². The van der Waals surface area contributed by atoms with Crippen LogP contribution >= 0.6 is 0 Å². The largest absolute Gasteiger partial charge is 0.462 e. The molecule has 0 aromatic carbocycles. The monoisotopic (exact) mass is 358 g/mol. The van der Waals surface area contributed by atoms with Gasteiger partial charge in [0.1, 0.15) is 0 Å². The van der Waals surface area contributed by atoms with Gasteiger partial charge in [-0.25, -0.2) is 4.79 Å². The Balaban J connectivity index is 3.96. The van der Waals surface area contributed by atoms with Crippen LogP contribution in [0.2, 0.25) is 0 Å². The number of unbranched alkanes of at least 4 members (excludes halogenated alkanes) is 2. The second-order valence-electron chi connectivity index (χ2n) is 6.61. The smallest absolute Gasteiger partial charge is 0.333 e. The van der Waals surface area contributed by atoms with Crippen molar-refractivity contribution >= 4 is 5.97 Å². The van der Waals surface area contributed by atoms with Crippen molar-refractivity contribution in [1.29, 1.82) is 0 Å². The second kappa shape index (κ2) is 14.3. The molecule has 1 unspecified atom stereocenters. The van der Waals surface area contributed by atoms with E-state index in [9.17, 15) is 4.79 Å². The Morgan fingerprint density at radius 1 is 0.960 bits per heavy atom. The van der Waals surface area contributed by atoms with Gasteiger partial charge in [-0.2, -0.15) is 0 Å². The highest BCUT2D eigenvalue weighted by Crippen LogP contribution is 2.24. The highest BCUT2D eigenvalue weighted by molar-refractivity contribution is 5.86. The summed E-state index contributed by atoms with van der Waals surface area (Å²) < 4.78 is 21.1. The first-order valence-corrected chi connectivity index (χ1v) is 9.42. The van der Waals surface area contributed by atoms with Gasteiger partial charge in [0.15, 0.2) is 0 Å². The number of hydrogen-bond acceptors (Lipinski definition) is 5. The molecule has 0 fully saturated rings. The maximum Gasteiger partial charge on any atom is 0.333 e. The van der Waals surface area contributed by atoms with Crippen molar-refractivity contribution in [3.8, 4) is 0 Å². The predicted octanol–water partition coefficient (Wildman–Crippen LogP) is 4.85. The maximum absolute atomic E-state index is 11.4. The van der Waals surface area contributed by atoms with Gasteiger partial charge in [0, 0.05) is 33.3 Å². The molecule has 0 saturated carbocycles. The molecule has 0 aliphatic heterocycles. The van der Waals surface area contributed by atoms with Crippen LogP contribution in [0.15, 0.2) is 12.2 Å². The van der Waals surface area contributed by atoms with E-state index in [0.717, 1.165) is 32.1 Å². The lowest BCUT2D eigenvalue weighted by atomic mass is 9.92. The lowest BCUT2D eigenvalue weighted by Crippen LogP contribution is -2.35. The van der Waals surface area contributed by atoms with E-state index in [1.165, 1.54) is 25.7 Å². The number of esters is 1. The first-order chi connectivity index (χ1) is 11.9. The van der Waals surface area contributed by atoms with Crippen molar-refractivity contribution in [3.05, 3.63) is 12.2 Å². The zero-order valence-electron chi connectivity index (χ0n) is 16.9. The van der Waals surface area contributed by atoms with Gasteiger partial charge in [-0.05, 0) is 32.1 Å². The number of carbonyl (C=O) groups is 1. The highest BCUT2D eigenvalue weighted by atomic mass is 16.9. The molecule has 1 atom stereocenters. The summed E-state index contributed by atoms with van der Waals surface area (Å²) >= 11 is 0. The molecule has 0 aromatic heterocycles. The fourth-order valence-corrected chi connectivity index (χ4v) is 3.01. The molecule has 0 N–H and O–H groups in total. The van der Waals surface area contributed by atoms with Gasteiger partial charge in [0.05, 0.1) is 6.61 Å². The van der Waals surface area contributed by atoms with E-state index in [1.807, 2.05) is 0 Å². The van der Waals surface area contributed by atoms with E-state index in [-0.39, 0.29) is 5.97 Å². The van der Waals surface area contributed by atoms with E-state index < -0.39 is 5.97 Å². The Morgan fingerprint density at radius 2 is 1.56 bits per heavy atom. The molecule has 0 saturated heterocycles. The quantitative estimate of drug-likeness (QED) is 0.171. The molecule has 0 heterocycles. The van der Waals surface area contributed by atoms with Crippen LogP contribution in [0.4, 0.5) is 0 Å². The van der Waals surface area contributed by atoms with E-state index in [4.69, 9.17) is 18.9 Å². The summed E-state index contributed by atoms with van der Waals surface area (Å²) in [5.74, 6) is -0.494. The zero-order chi connectivity index (χ0) is 19.1. The summed E-state index contributed by atoms with van der Waals surface area (Å²) in [6.07, 6.45) is 9.70. The van der Waals surface area contributed by atoms with Crippen LogP contribution in [0.25, 0.3) is 0 Å². The van der Waals surface area contributed by atoms with E-state index in [2.05, 4.69) is 13.5 Å². The Hall–Kier alpha value is -0.910. The van der Waals surface area contributed by atoms with Gasteiger partial charge in [-0.3, -0.25) is 0 Å². The van der Waals surface area contributed by atoms with Gasteiger partial charge in [-0.1, -0.05) is 45.6 Å². The van der Waals surface area contributed by atoms with Gasteiger partial charge in [-0.15, -0.1) is 0 Å². The fourth-order valence-electron chi connectivity index (χ4n) is 3.01. The summed E-state index contributed by atoms with van der Waals surface area (Å²) in [5.41, 5.74) is 0.462. The molecule has 0 aromatic rings. The van der Waals surface area contributed by atoms with Crippen LogP contribution in [0.1, 0.15) is 71.6 Å². The topological polar surface area (TPSA) is 54.0 Å². The molecular weight excluding hydrogens is 320 g/mol. The molecule has 0 aliphatic rings. The molecule has 25 heavy (non-hydrogen) atoms. The second-order valence-corrected chi connectivity index (χ2v) is 6.61. The SMILES string of the molecule is C=C(C)C(=O)OCCCC(CCC)CCCCCC(OC)(OC)OC. The summed E-state index contributed by atoms with van der Waals surface area (Å²) in [6.45, 7) is 7.98. The third kappa shape index (κ3) is 10.6. The summed E-state index contributed by atoms with van der Waals surface area (Å²) in [4.78, 5) is 11.4. The Kier molecular flexibility index (Phi) is 13.8. The molecular formula is C20H38O5. The van der Waals surface area contributed by atoms with Gasteiger partial charge < -0.3 is 18.9 Å². The Labute approximate surface area is 154 Å². The zero-order valence-corrected chi connectivity index (χ0v) is 16.9. The first-order valence-electron chi connectivity index (χ1n) is 9.42. The van der Waals surface area contributed by atoms with Crippen LogP contribution in [0, 0.1) is 5.92 Å². The molecule has 0 spiro atoms. The van der Waals surface area contributed by atoms with Crippen LogP contribution in [-0.2, 0) is 23.7 Å². The van der Waals surface area contributed by atoms with Gasteiger partial charge in [0.25, 0.3) is 5.97 Å². The molecule has 5 nitrogen and oxygen atoms in total. The minimum absolute atomic E-state index is 0.287. The minimum Gasteiger partial charge on any atom is -0.462 e. The molecule has 0 aliphatic carbocycles. The molecule has 0 rings (SSSR count). The molecule has 0 bridgehead atoms. The lowest BCUT2D eigenvalue weighted by Gasteiger charge is -2.28. The third-order valence-corrected chi connectivity index (χ3v) is 4.56. The predicted molar refractivity (Wildman–Crippen MR) is 100 cm³/mol. The number of hydrogen-bond donors (Lipinski definition) is 0. The molecule has 0 amide bonds. The van der Waals surface area contributed by atoms with Crippen LogP contribution in [0.5, 0.6) is 0 Å². The summed E-state index contributed by atoms with van der Waals surface area (Å²) in [5, 5.41) is 0. The van der Waals surface area contributed by atoms with Crippen molar-refractivity contribution < 1.29 is 23.7 Å². The standard InChI is InChI=1S/C20H38O5/c1-7-12-18(14-11-16-25-19(21)17(2)3)13-9-8-10-15-20(22-4,23-5)24-6/h18H,2,7-16H2,1,3-6H3. The van der Waals surface area contributed by atoms with Crippen molar-refractivity contribution in [1.82, 2.24) is 0 Å². The Bertz CT molecular complexity index is 355. The van der Waals surface area contributed by atoms with E-state index in [1.54, 1.807) is 28.3 Å². The average Bonchev–Trinajstić information content (AvgIpc) is 2.61. The number of carbonyl (C=O) groups excluding carboxylic acids is 1. The molecule has 5 heteroatoms.